The fourth-order valence-electron chi connectivity index (χ4n) is 4.67. The molecule has 0 saturated heterocycles. The Kier molecular flexibility index (Phi) is 4.80. The maximum Gasteiger partial charge on any atom is 0.161 e. The van der Waals surface area contributed by atoms with Crippen LogP contribution in [0.1, 0.15) is 18.4 Å². The highest BCUT2D eigenvalue weighted by Crippen LogP contribution is 2.32. The van der Waals surface area contributed by atoms with Crippen LogP contribution in [0.2, 0.25) is 0 Å². The van der Waals surface area contributed by atoms with Gasteiger partial charge in [0.25, 0.3) is 0 Å². The van der Waals surface area contributed by atoms with E-state index < -0.39 is 0 Å². The maximum atomic E-state index is 4.93. The summed E-state index contributed by atoms with van der Waals surface area (Å²) >= 11 is 0. The van der Waals surface area contributed by atoms with Gasteiger partial charge in [-0.3, -0.25) is 10.1 Å². The van der Waals surface area contributed by atoms with Crippen LogP contribution in [0, 0.1) is 0 Å². The Labute approximate surface area is 191 Å². The lowest BCUT2D eigenvalue weighted by Gasteiger charge is -2.21. The summed E-state index contributed by atoms with van der Waals surface area (Å²) in [4.78, 5) is 22.0. The predicted molar refractivity (Wildman–Crippen MR) is 131 cm³/mol. The monoisotopic (exact) mass is 438 g/mol. The number of fused-ring (bicyclic) bond motifs is 6. The van der Waals surface area contributed by atoms with Gasteiger partial charge in [-0.2, -0.15) is 5.10 Å². The molecule has 0 spiro atoms. The summed E-state index contributed by atoms with van der Waals surface area (Å²) in [6.07, 6.45) is 7.96. The first kappa shape index (κ1) is 19.9. The number of anilines is 1. The summed E-state index contributed by atoms with van der Waals surface area (Å²) in [6, 6.07) is 10.6. The zero-order valence-corrected chi connectivity index (χ0v) is 18.8. The number of aromatic amines is 2. The van der Waals surface area contributed by atoms with E-state index >= 15 is 0 Å². The molecule has 5 heterocycles. The van der Waals surface area contributed by atoms with Gasteiger partial charge in [-0.1, -0.05) is 6.07 Å². The highest BCUT2D eigenvalue weighted by atomic mass is 15.2. The number of hydrogen-bond donors (Lipinski definition) is 2. The maximum absolute atomic E-state index is 4.93. The fraction of sp³-hybridized carbons (Fsp3) is 0.280. The highest BCUT2D eigenvalue weighted by molar-refractivity contribution is 5.96. The largest absolute Gasteiger partial charge is 0.373 e. The topological polar surface area (TPSA) is 89.6 Å². The van der Waals surface area contributed by atoms with Crippen LogP contribution in [0.25, 0.3) is 44.7 Å². The lowest BCUT2D eigenvalue weighted by Crippen LogP contribution is -2.22. The Hall–Kier alpha value is -3.78. The molecule has 1 aliphatic heterocycles. The summed E-state index contributed by atoms with van der Waals surface area (Å²) < 4.78 is 0. The molecule has 6 rings (SSSR count). The molecule has 0 fully saturated rings. The Balaban J connectivity index is 1.53. The summed E-state index contributed by atoms with van der Waals surface area (Å²) in [5, 5.41) is 8.76. The minimum Gasteiger partial charge on any atom is -0.373 e. The van der Waals surface area contributed by atoms with Gasteiger partial charge in [0.05, 0.1) is 11.2 Å². The Morgan fingerprint density at radius 1 is 0.970 bits per heavy atom. The average molecular weight is 439 g/mol. The van der Waals surface area contributed by atoms with Crippen LogP contribution in [0.5, 0.6) is 0 Å². The molecule has 166 valence electrons. The molecule has 0 amide bonds. The van der Waals surface area contributed by atoms with Crippen LogP contribution in [0.4, 0.5) is 5.69 Å². The molecule has 8 heteroatoms. The van der Waals surface area contributed by atoms with E-state index in [4.69, 9.17) is 4.98 Å². The van der Waals surface area contributed by atoms with Crippen molar-refractivity contribution >= 4 is 27.8 Å². The second kappa shape index (κ2) is 7.97. The van der Waals surface area contributed by atoms with E-state index in [-0.39, 0.29) is 0 Å². The molecule has 5 aromatic rings. The molecule has 0 unspecified atom stereocenters. The first-order valence-electron chi connectivity index (χ1n) is 11.3. The summed E-state index contributed by atoms with van der Waals surface area (Å²) in [5.74, 6) is 0.719. The minimum atomic E-state index is 0.719. The Morgan fingerprint density at radius 2 is 1.88 bits per heavy atom. The second-order valence-corrected chi connectivity index (χ2v) is 8.89. The van der Waals surface area contributed by atoms with Gasteiger partial charge in [-0.15, -0.1) is 0 Å². The summed E-state index contributed by atoms with van der Waals surface area (Å²) in [6.45, 7) is 2.88. The predicted octanol–water partition coefficient (Wildman–Crippen LogP) is 4.23. The minimum absolute atomic E-state index is 0.719. The third-order valence-electron chi connectivity index (χ3n) is 6.43. The van der Waals surface area contributed by atoms with Crippen molar-refractivity contribution in [1.82, 2.24) is 35.0 Å². The van der Waals surface area contributed by atoms with Gasteiger partial charge in [0.2, 0.25) is 0 Å². The van der Waals surface area contributed by atoms with Crippen LogP contribution >= 0.6 is 0 Å². The van der Waals surface area contributed by atoms with E-state index in [0.717, 1.165) is 82.9 Å². The molecule has 4 aromatic heterocycles. The smallest absolute Gasteiger partial charge is 0.161 e. The molecule has 33 heavy (non-hydrogen) atoms. The number of nitrogens with one attached hydrogen (secondary N) is 2. The molecule has 8 nitrogen and oxygen atoms in total. The molecule has 1 aromatic carbocycles. The van der Waals surface area contributed by atoms with Crippen LogP contribution in [-0.2, 0) is 6.54 Å². The second-order valence-electron chi connectivity index (χ2n) is 8.89. The van der Waals surface area contributed by atoms with Crippen molar-refractivity contribution in [3.63, 3.8) is 0 Å². The van der Waals surface area contributed by atoms with Crippen LogP contribution in [0.15, 0.2) is 48.9 Å². The van der Waals surface area contributed by atoms with Crippen LogP contribution in [-0.4, -0.2) is 62.2 Å². The van der Waals surface area contributed by atoms with Crippen molar-refractivity contribution in [3.8, 4) is 22.6 Å². The van der Waals surface area contributed by atoms with Crippen LogP contribution in [0.3, 0.4) is 0 Å². The van der Waals surface area contributed by atoms with Crippen molar-refractivity contribution in [2.24, 2.45) is 0 Å². The van der Waals surface area contributed by atoms with Gasteiger partial charge in [0.15, 0.2) is 11.5 Å². The molecule has 0 atom stereocenters. The standard InChI is InChI=1S/C25H26N8/c1-32-9-3-4-10-33(2)21-7-8-27-24-23(21)28-25(29-24)22-19-12-17(5-6-20(19)30-31-22)18-11-16(15-32)13-26-14-18/h5-8,11-14H,3-4,9-10,15H2,1-2H3,(H,30,31)(H,27,28,29). The van der Waals surface area contributed by atoms with Gasteiger partial charge >= 0.3 is 0 Å². The lowest BCUT2D eigenvalue weighted by molar-refractivity contribution is 0.319. The van der Waals surface area contributed by atoms with Gasteiger partial charge < -0.3 is 14.8 Å². The zero-order valence-electron chi connectivity index (χ0n) is 18.8. The lowest BCUT2D eigenvalue weighted by atomic mass is 10.0. The molecule has 0 saturated carbocycles. The fourth-order valence-corrected chi connectivity index (χ4v) is 4.67. The van der Waals surface area contributed by atoms with Gasteiger partial charge in [-0.05, 0) is 61.8 Å². The first-order chi connectivity index (χ1) is 16.2. The SMILES string of the molecule is CN1CCCCN(C)c2ccnc3[nH]c(nc23)-c2n[nH]c3ccc(cc23)-c2cncc(c2)C1. The van der Waals surface area contributed by atoms with E-state index in [2.05, 4.69) is 73.3 Å². The number of imidazole rings is 1. The molecular weight excluding hydrogens is 412 g/mol. The number of H-pyrrole nitrogens is 2. The molecule has 0 radical (unpaired) electrons. The van der Waals surface area contributed by atoms with Gasteiger partial charge in [0.1, 0.15) is 11.2 Å². The normalized spacial score (nSPS) is 15.4. The van der Waals surface area contributed by atoms with Crippen LogP contribution < -0.4 is 4.90 Å². The molecular formula is C25H26N8. The number of pyridine rings is 2. The van der Waals surface area contributed by atoms with Gasteiger partial charge in [-0.25, -0.2) is 9.97 Å². The van der Waals surface area contributed by atoms with Crippen molar-refractivity contribution in [2.45, 2.75) is 19.4 Å². The Morgan fingerprint density at radius 3 is 2.82 bits per heavy atom. The van der Waals surface area contributed by atoms with Crippen molar-refractivity contribution in [2.75, 3.05) is 32.1 Å². The summed E-state index contributed by atoms with van der Waals surface area (Å²) in [7, 11) is 4.30. The van der Waals surface area contributed by atoms with Gasteiger partial charge in [0, 0.05) is 49.7 Å². The third kappa shape index (κ3) is 3.62. The zero-order chi connectivity index (χ0) is 22.4. The Bertz CT molecular complexity index is 1450. The number of hydrogen-bond acceptors (Lipinski definition) is 6. The molecule has 2 N–H and O–H groups in total. The molecule has 6 bridgehead atoms. The van der Waals surface area contributed by atoms with E-state index in [9.17, 15) is 0 Å². The number of aromatic nitrogens is 6. The molecule has 0 aliphatic carbocycles. The highest BCUT2D eigenvalue weighted by Gasteiger charge is 2.17. The summed E-state index contributed by atoms with van der Waals surface area (Å²) in [5.41, 5.74) is 7.92. The number of benzene rings is 1. The first-order valence-corrected chi connectivity index (χ1v) is 11.3. The van der Waals surface area contributed by atoms with E-state index in [1.54, 1.807) is 0 Å². The van der Waals surface area contributed by atoms with Crippen molar-refractivity contribution < 1.29 is 0 Å². The van der Waals surface area contributed by atoms with Crippen molar-refractivity contribution in [3.05, 3.63) is 54.5 Å². The van der Waals surface area contributed by atoms with E-state index in [0.29, 0.717) is 0 Å². The van der Waals surface area contributed by atoms with Crippen molar-refractivity contribution in [1.29, 1.82) is 0 Å². The number of nitrogens with zero attached hydrogens (tertiary/aromatic N) is 6. The van der Waals surface area contributed by atoms with E-state index in [1.807, 2.05) is 24.7 Å². The molecule has 1 aliphatic rings. The van der Waals surface area contributed by atoms with E-state index in [1.165, 1.54) is 5.56 Å². The third-order valence-corrected chi connectivity index (χ3v) is 6.43. The quantitative estimate of drug-likeness (QED) is 0.376. The number of rotatable bonds is 0. The average Bonchev–Trinajstić information content (AvgIpc) is 3.44.